The monoisotopic (exact) mass is 288 g/mol. The molecule has 0 spiro atoms. The molecule has 7 heteroatoms. The van der Waals surface area contributed by atoms with E-state index in [9.17, 15) is 19.5 Å². The van der Waals surface area contributed by atoms with Gasteiger partial charge in [-0.25, -0.2) is 4.79 Å². The van der Waals surface area contributed by atoms with Crippen LogP contribution in [-0.2, 0) is 0 Å². The fourth-order valence-corrected chi connectivity index (χ4v) is 1.71. The molecule has 1 aromatic heterocycles. The van der Waals surface area contributed by atoms with E-state index in [1.807, 2.05) is 0 Å². The number of aryl methyl sites for hydroxylation is 1. The minimum absolute atomic E-state index is 0.0185. The molecular formula is C14H12N2O5. The van der Waals surface area contributed by atoms with E-state index < -0.39 is 23.1 Å². The molecule has 0 saturated heterocycles. The standard InChI is InChI=1S/C14H12N2O5/c1-7-4-11(17)9(6-15-7)13(19)16-10-3-2-8(14(20)21)5-12(10)18/h2-6,18H,1H3,(H,15,17)(H,16,19)(H,20,21). The van der Waals surface area contributed by atoms with Gasteiger partial charge in [0, 0.05) is 18.0 Å². The average molecular weight is 288 g/mol. The van der Waals surface area contributed by atoms with Crippen molar-refractivity contribution in [1.82, 2.24) is 4.98 Å². The second kappa shape index (κ2) is 5.49. The van der Waals surface area contributed by atoms with Crippen molar-refractivity contribution < 1.29 is 19.8 Å². The number of phenols is 1. The Morgan fingerprint density at radius 2 is 1.95 bits per heavy atom. The number of carboxylic acids is 1. The predicted octanol–water partition coefficient (Wildman–Crippen LogP) is 1.34. The van der Waals surface area contributed by atoms with Gasteiger partial charge in [-0.1, -0.05) is 0 Å². The molecule has 108 valence electrons. The SMILES string of the molecule is Cc1cc(=O)c(C(=O)Nc2ccc(C(=O)O)cc2O)c[nH]1. The third-order valence-electron chi connectivity index (χ3n) is 2.79. The third kappa shape index (κ3) is 3.08. The molecule has 1 aromatic carbocycles. The molecule has 0 bridgehead atoms. The number of nitrogens with one attached hydrogen (secondary N) is 2. The van der Waals surface area contributed by atoms with Crippen LogP contribution in [0.15, 0.2) is 35.3 Å². The normalized spacial score (nSPS) is 10.1. The van der Waals surface area contributed by atoms with Gasteiger partial charge in [0.2, 0.25) is 0 Å². The number of carboxylic acid groups (broad SMARTS) is 1. The van der Waals surface area contributed by atoms with Gasteiger partial charge in [0.15, 0.2) is 5.43 Å². The topological polar surface area (TPSA) is 119 Å². The molecule has 0 aliphatic carbocycles. The highest BCUT2D eigenvalue weighted by molar-refractivity contribution is 6.05. The van der Waals surface area contributed by atoms with Crippen molar-refractivity contribution in [3.63, 3.8) is 0 Å². The Labute approximate surface area is 118 Å². The number of hydrogen-bond donors (Lipinski definition) is 4. The van der Waals surface area contributed by atoms with Crippen molar-refractivity contribution in [1.29, 1.82) is 0 Å². The van der Waals surface area contributed by atoms with E-state index in [1.54, 1.807) is 6.92 Å². The van der Waals surface area contributed by atoms with Gasteiger partial charge < -0.3 is 20.5 Å². The molecule has 0 unspecified atom stereocenters. The number of H-pyrrole nitrogens is 1. The van der Waals surface area contributed by atoms with E-state index in [0.717, 1.165) is 6.07 Å². The van der Waals surface area contributed by atoms with E-state index in [2.05, 4.69) is 10.3 Å². The summed E-state index contributed by atoms with van der Waals surface area (Å²) in [5.74, 6) is -2.29. The summed E-state index contributed by atoms with van der Waals surface area (Å²) in [6.07, 6.45) is 1.27. The second-order valence-corrected chi connectivity index (χ2v) is 4.39. The molecule has 0 radical (unpaired) electrons. The van der Waals surface area contributed by atoms with E-state index in [1.165, 1.54) is 24.4 Å². The van der Waals surface area contributed by atoms with Crippen LogP contribution in [0.4, 0.5) is 5.69 Å². The van der Waals surface area contributed by atoms with Crippen LogP contribution < -0.4 is 10.7 Å². The quantitative estimate of drug-likeness (QED) is 0.635. The van der Waals surface area contributed by atoms with Gasteiger partial charge in [-0.2, -0.15) is 0 Å². The first-order valence-corrected chi connectivity index (χ1v) is 5.95. The van der Waals surface area contributed by atoms with Crippen LogP contribution in [0.2, 0.25) is 0 Å². The van der Waals surface area contributed by atoms with Crippen molar-refractivity contribution >= 4 is 17.6 Å². The van der Waals surface area contributed by atoms with Gasteiger partial charge in [-0.05, 0) is 25.1 Å². The number of pyridine rings is 1. The van der Waals surface area contributed by atoms with Crippen LogP contribution in [0.5, 0.6) is 5.75 Å². The van der Waals surface area contributed by atoms with Crippen LogP contribution in [0, 0.1) is 6.92 Å². The Morgan fingerprint density at radius 3 is 2.52 bits per heavy atom. The highest BCUT2D eigenvalue weighted by atomic mass is 16.4. The van der Waals surface area contributed by atoms with Crippen molar-refractivity contribution in [2.75, 3.05) is 5.32 Å². The van der Waals surface area contributed by atoms with Crippen LogP contribution in [0.3, 0.4) is 0 Å². The Balaban J connectivity index is 2.27. The Morgan fingerprint density at radius 1 is 1.24 bits per heavy atom. The lowest BCUT2D eigenvalue weighted by Crippen LogP contribution is -2.21. The van der Waals surface area contributed by atoms with Crippen molar-refractivity contribution in [2.24, 2.45) is 0 Å². The highest BCUT2D eigenvalue weighted by Gasteiger charge is 2.14. The number of aromatic carboxylic acids is 1. The zero-order valence-corrected chi connectivity index (χ0v) is 11.0. The number of carbonyl (C=O) groups excluding carboxylic acids is 1. The first kappa shape index (κ1) is 14.3. The summed E-state index contributed by atoms with van der Waals surface area (Å²) in [6, 6.07) is 4.77. The lowest BCUT2D eigenvalue weighted by molar-refractivity contribution is 0.0696. The van der Waals surface area contributed by atoms with Crippen molar-refractivity contribution in [3.8, 4) is 5.75 Å². The zero-order valence-electron chi connectivity index (χ0n) is 11.0. The smallest absolute Gasteiger partial charge is 0.335 e. The number of aromatic nitrogens is 1. The van der Waals surface area contributed by atoms with Gasteiger partial charge in [-0.15, -0.1) is 0 Å². The number of anilines is 1. The lowest BCUT2D eigenvalue weighted by Gasteiger charge is -2.07. The molecule has 0 atom stereocenters. The van der Waals surface area contributed by atoms with Gasteiger partial charge in [-0.3, -0.25) is 9.59 Å². The minimum Gasteiger partial charge on any atom is -0.506 e. The van der Waals surface area contributed by atoms with Gasteiger partial charge >= 0.3 is 5.97 Å². The van der Waals surface area contributed by atoms with Gasteiger partial charge in [0.25, 0.3) is 5.91 Å². The number of amides is 1. The molecule has 1 heterocycles. The predicted molar refractivity (Wildman–Crippen MR) is 74.8 cm³/mol. The summed E-state index contributed by atoms with van der Waals surface area (Å²) in [7, 11) is 0. The molecule has 4 N–H and O–H groups in total. The molecule has 1 amide bonds. The van der Waals surface area contributed by atoms with Gasteiger partial charge in [0.1, 0.15) is 11.3 Å². The molecule has 21 heavy (non-hydrogen) atoms. The second-order valence-electron chi connectivity index (χ2n) is 4.39. The van der Waals surface area contributed by atoms with Crippen molar-refractivity contribution in [3.05, 3.63) is 57.5 Å². The van der Waals surface area contributed by atoms with E-state index >= 15 is 0 Å². The third-order valence-corrected chi connectivity index (χ3v) is 2.79. The average Bonchev–Trinajstić information content (AvgIpc) is 2.40. The number of aromatic hydroxyl groups is 1. The van der Waals surface area contributed by atoms with Gasteiger partial charge in [0.05, 0.1) is 11.3 Å². The molecule has 0 fully saturated rings. The maximum absolute atomic E-state index is 12.0. The summed E-state index contributed by atoms with van der Waals surface area (Å²) in [5, 5.41) is 20.8. The Bertz CT molecular complexity index is 779. The Hall–Kier alpha value is -3.09. The lowest BCUT2D eigenvalue weighted by atomic mass is 10.1. The summed E-state index contributed by atoms with van der Waals surface area (Å²) >= 11 is 0. The first-order valence-electron chi connectivity index (χ1n) is 5.95. The maximum Gasteiger partial charge on any atom is 0.335 e. The number of carbonyl (C=O) groups is 2. The number of hydrogen-bond acceptors (Lipinski definition) is 4. The molecular weight excluding hydrogens is 276 g/mol. The zero-order chi connectivity index (χ0) is 15.6. The summed E-state index contributed by atoms with van der Waals surface area (Å²) in [6.45, 7) is 1.68. The summed E-state index contributed by atoms with van der Waals surface area (Å²) < 4.78 is 0. The van der Waals surface area contributed by atoms with Crippen molar-refractivity contribution in [2.45, 2.75) is 6.92 Å². The minimum atomic E-state index is -1.20. The largest absolute Gasteiger partial charge is 0.506 e. The molecule has 0 aliphatic heterocycles. The number of benzene rings is 1. The number of aromatic amines is 1. The Kier molecular flexibility index (Phi) is 3.75. The summed E-state index contributed by atoms with van der Waals surface area (Å²) in [4.78, 5) is 37.1. The van der Waals surface area contributed by atoms with E-state index in [4.69, 9.17) is 5.11 Å². The van der Waals surface area contributed by atoms with Crippen LogP contribution in [-0.4, -0.2) is 27.1 Å². The number of phenolic OH excluding ortho intramolecular Hbond substituents is 1. The molecule has 7 nitrogen and oxygen atoms in total. The summed E-state index contributed by atoms with van der Waals surface area (Å²) in [5.41, 5.74) is -0.0402. The van der Waals surface area contributed by atoms with E-state index in [-0.39, 0.29) is 16.8 Å². The fourth-order valence-electron chi connectivity index (χ4n) is 1.71. The molecule has 0 saturated carbocycles. The molecule has 2 rings (SSSR count). The molecule has 0 aliphatic rings. The number of rotatable bonds is 3. The maximum atomic E-state index is 12.0. The van der Waals surface area contributed by atoms with Crippen LogP contribution >= 0.6 is 0 Å². The first-order chi connectivity index (χ1) is 9.88. The van der Waals surface area contributed by atoms with Crippen LogP contribution in [0.25, 0.3) is 0 Å². The highest BCUT2D eigenvalue weighted by Crippen LogP contribution is 2.24. The molecule has 2 aromatic rings. The van der Waals surface area contributed by atoms with Crippen LogP contribution in [0.1, 0.15) is 26.4 Å². The van der Waals surface area contributed by atoms with E-state index in [0.29, 0.717) is 5.69 Å². The fraction of sp³-hybridized carbons (Fsp3) is 0.0714.